The van der Waals surface area contributed by atoms with E-state index in [4.69, 9.17) is 14.6 Å². The Morgan fingerprint density at radius 2 is 1.70 bits per heavy atom. The number of sulfonamides is 1. The van der Waals surface area contributed by atoms with E-state index in [0.29, 0.717) is 17.2 Å². The van der Waals surface area contributed by atoms with Gasteiger partial charge in [-0.15, -0.1) is 0 Å². The first-order valence-corrected chi connectivity index (χ1v) is 9.59. The highest BCUT2D eigenvalue weighted by atomic mass is 32.2. The van der Waals surface area contributed by atoms with Gasteiger partial charge in [0.15, 0.2) is 11.5 Å². The van der Waals surface area contributed by atoms with Gasteiger partial charge in [0, 0.05) is 18.3 Å². The molecule has 0 radical (unpaired) electrons. The standard InChI is InChI=1S/C18H22N2O6S/c1-25-16-8-7-15(12-17(16)26-2)27(23,24)20-14-5-3-13(4-6-14)11-18(22)19-9-10-21/h3-8,12,20-21H,9-11H2,1-2H3,(H,19,22). The average Bonchev–Trinajstić information content (AvgIpc) is 2.67. The van der Waals surface area contributed by atoms with E-state index in [1.165, 1.54) is 32.4 Å². The van der Waals surface area contributed by atoms with Crippen LogP contribution in [0.5, 0.6) is 11.5 Å². The summed E-state index contributed by atoms with van der Waals surface area (Å²) in [4.78, 5) is 11.7. The van der Waals surface area contributed by atoms with Crippen molar-refractivity contribution in [1.82, 2.24) is 5.32 Å². The largest absolute Gasteiger partial charge is 0.493 e. The summed E-state index contributed by atoms with van der Waals surface area (Å²) in [5, 5.41) is 11.2. The van der Waals surface area contributed by atoms with Gasteiger partial charge in [-0.2, -0.15) is 0 Å². The fraction of sp³-hybridized carbons (Fsp3) is 0.278. The maximum absolute atomic E-state index is 12.6. The predicted molar refractivity (Wildman–Crippen MR) is 101 cm³/mol. The van der Waals surface area contributed by atoms with E-state index < -0.39 is 10.0 Å². The number of anilines is 1. The van der Waals surface area contributed by atoms with E-state index in [2.05, 4.69) is 10.0 Å². The molecule has 0 unspecified atom stereocenters. The Morgan fingerprint density at radius 3 is 2.30 bits per heavy atom. The highest BCUT2D eigenvalue weighted by molar-refractivity contribution is 7.92. The van der Waals surface area contributed by atoms with Crippen LogP contribution in [0.2, 0.25) is 0 Å². The summed E-state index contributed by atoms with van der Waals surface area (Å²) < 4.78 is 37.8. The van der Waals surface area contributed by atoms with Gasteiger partial charge in [-0.25, -0.2) is 8.42 Å². The Hall–Kier alpha value is -2.78. The zero-order valence-electron chi connectivity index (χ0n) is 15.1. The lowest BCUT2D eigenvalue weighted by atomic mass is 10.1. The number of hydrogen-bond donors (Lipinski definition) is 3. The molecule has 27 heavy (non-hydrogen) atoms. The van der Waals surface area contributed by atoms with Crippen molar-refractivity contribution in [3.05, 3.63) is 48.0 Å². The Balaban J connectivity index is 2.10. The minimum absolute atomic E-state index is 0.0348. The summed E-state index contributed by atoms with van der Waals surface area (Å²) in [5.41, 5.74) is 1.09. The summed E-state index contributed by atoms with van der Waals surface area (Å²) in [5.74, 6) is 0.521. The molecule has 2 rings (SSSR count). The first-order chi connectivity index (χ1) is 12.9. The molecule has 0 aliphatic rings. The summed E-state index contributed by atoms with van der Waals surface area (Å²) in [6.07, 6.45) is 0.142. The number of amides is 1. The lowest BCUT2D eigenvalue weighted by Crippen LogP contribution is -2.27. The van der Waals surface area contributed by atoms with Gasteiger partial charge in [0.25, 0.3) is 10.0 Å². The van der Waals surface area contributed by atoms with Crippen molar-refractivity contribution >= 4 is 21.6 Å². The number of carbonyl (C=O) groups excluding carboxylic acids is 1. The molecule has 0 fully saturated rings. The molecule has 3 N–H and O–H groups in total. The number of nitrogens with one attached hydrogen (secondary N) is 2. The predicted octanol–water partition coefficient (Wildman–Crippen LogP) is 1.16. The first kappa shape index (κ1) is 20.5. The zero-order chi connectivity index (χ0) is 19.9. The van der Waals surface area contributed by atoms with Crippen LogP contribution in [0.25, 0.3) is 0 Å². The highest BCUT2D eigenvalue weighted by Crippen LogP contribution is 2.30. The number of ether oxygens (including phenoxy) is 2. The maximum atomic E-state index is 12.6. The summed E-state index contributed by atoms with van der Waals surface area (Å²) in [6, 6.07) is 10.8. The second kappa shape index (κ2) is 9.24. The van der Waals surface area contributed by atoms with E-state index in [-0.39, 0.29) is 30.4 Å². The number of hydrogen-bond acceptors (Lipinski definition) is 6. The Bertz CT molecular complexity index is 881. The monoisotopic (exact) mass is 394 g/mol. The van der Waals surface area contributed by atoms with Crippen molar-refractivity contribution in [3.8, 4) is 11.5 Å². The van der Waals surface area contributed by atoms with Crippen molar-refractivity contribution in [2.45, 2.75) is 11.3 Å². The van der Waals surface area contributed by atoms with Gasteiger partial charge in [0.05, 0.1) is 32.1 Å². The van der Waals surface area contributed by atoms with Crippen molar-refractivity contribution in [3.63, 3.8) is 0 Å². The molecular weight excluding hydrogens is 372 g/mol. The van der Waals surface area contributed by atoms with Crippen molar-refractivity contribution in [1.29, 1.82) is 0 Å². The fourth-order valence-electron chi connectivity index (χ4n) is 2.33. The van der Waals surface area contributed by atoms with Crippen LogP contribution in [0.4, 0.5) is 5.69 Å². The third-order valence-corrected chi connectivity index (χ3v) is 5.05. The van der Waals surface area contributed by atoms with Crippen LogP contribution in [-0.4, -0.2) is 46.8 Å². The number of methoxy groups -OCH3 is 2. The summed E-state index contributed by atoms with van der Waals surface area (Å²) >= 11 is 0. The molecule has 1 amide bonds. The fourth-order valence-corrected chi connectivity index (χ4v) is 3.41. The van der Waals surface area contributed by atoms with Crippen LogP contribution in [-0.2, 0) is 21.2 Å². The van der Waals surface area contributed by atoms with Crippen LogP contribution in [0.1, 0.15) is 5.56 Å². The first-order valence-electron chi connectivity index (χ1n) is 8.11. The van der Waals surface area contributed by atoms with Crippen molar-refractivity contribution in [2.24, 2.45) is 0 Å². The Labute approximate surface area is 158 Å². The second-order valence-electron chi connectivity index (χ2n) is 5.57. The van der Waals surface area contributed by atoms with Gasteiger partial charge in [0.2, 0.25) is 5.91 Å². The van der Waals surface area contributed by atoms with E-state index in [0.717, 1.165) is 5.56 Å². The molecule has 0 bridgehead atoms. The summed E-state index contributed by atoms with van der Waals surface area (Å²) in [7, 11) is -0.916. The van der Waals surface area contributed by atoms with Crippen LogP contribution in [0, 0.1) is 0 Å². The third-order valence-electron chi connectivity index (χ3n) is 3.67. The molecule has 8 nitrogen and oxygen atoms in total. The van der Waals surface area contributed by atoms with Crippen molar-refractivity contribution in [2.75, 3.05) is 32.1 Å². The molecule has 0 atom stereocenters. The van der Waals surface area contributed by atoms with Gasteiger partial charge in [-0.05, 0) is 29.8 Å². The lowest BCUT2D eigenvalue weighted by Gasteiger charge is -2.12. The smallest absolute Gasteiger partial charge is 0.262 e. The molecule has 0 aromatic heterocycles. The minimum Gasteiger partial charge on any atom is -0.493 e. The van der Waals surface area contributed by atoms with E-state index in [1.54, 1.807) is 24.3 Å². The number of aliphatic hydroxyl groups excluding tert-OH is 1. The molecule has 0 heterocycles. The van der Waals surface area contributed by atoms with Crippen LogP contribution in [0.3, 0.4) is 0 Å². The van der Waals surface area contributed by atoms with E-state index in [9.17, 15) is 13.2 Å². The maximum Gasteiger partial charge on any atom is 0.262 e. The number of benzene rings is 2. The third kappa shape index (κ3) is 5.60. The molecule has 146 valence electrons. The number of carbonyl (C=O) groups is 1. The lowest BCUT2D eigenvalue weighted by molar-refractivity contribution is -0.120. The molecule has 2 aromatic carbocycles. The highest BCUT2D eigenvalue weighted by Gasteiger charge is 2.17. The number of aliphatic hydroxyl groups is 1. The quantitative estimate of drug-likeness (QED) is 0.588. The Kier molecular flexibility index (Phi) is 7.03. The second-order valence-corrected chi connectivity index (χ2v) is 7.25. The average molecular weight is 394 g/mol. The Morgan fingerprint density at radius 1 is 1.04 bits per heavy atom. The van der Waals surface area contributed by atoms with Crippen molar-refractivity contribution < 1.29 is 27.8 Å². The molecular formula is C18H22N2O6S. The van der Waals surface area contributed by atoms with Gasteiger partial charge < -0.3 is 19.9 Å². The normalized spacial score (nSPS) is 10.9. The molecule has 0 aliphatic heterocycles. The zero-order valence-corrected chi connectivity index (χ0v) is 15.9. The van der Waals surface area contributed by atoms with Crippen LogP contribution < -0.4 is 19.5 Å². The van der Waals surface area contributed by atoms with Gasteiger partial charge in [-0.3, -0.25) is 9.52 Å². The van der Waals surface area contributed by atoms with Crippen LogP contribution in [0.15, 0.2) is 47.4 Å². The van der Waals surface area contributed by atoms with E-state index in [1.807, 2.05) is 0 Å². The SMILES string of the molecule is COc1ccc(S(=O)(=O)Nc2ccc(CC(=O)NCCO)cc2)cc1OC. The van der Waals surface area contributed by atoms with Gasteiger partial charge in [0.1, 0.15) is 0 Å². The van der Waals surface area contributed by atoms with E-state index >= 15 is 0 Å². The minimum atomic E-state index is -3.81. The van der Waals surface area contributed by atoms with Gasteiger partial charge >= 0.3 is 0 Å². The van der Waals surface area contributed by atoms with Crippen LogP contribution >= 0.6 is 0 Å². The molecule has 9 heteroatoms. The molecule has 0 aliphatic carbocycles. The number of rotatable bonds is 9. The topological polar surface area (TPSA) is 114 Å². The molecule has 0 saturated carbocycles. The summed E-state index contributed by atoms with van der Waals surface area (Å²) in [6.45, 7) is 0.0741. The molecule has 0 saturated heterocycles. The molecule has 2 aromatic rings. The van der Waals surface area contributed by atoms with Gasteiger partial charge in [-0.1, -0.05) is 12.1 Å². The molecule has 0 spiro atoms.